The van der Waals surface area contributed by atoms with Gasteiger partial charge in [-0.15, -0.1) is 0 Å². The van der Waals surface area contributed by atoms with Crippen molar-refractivity contribution in [2.45, 2.75) is 24.9 Å². The Hall–Kier alpha value is -0.410. The van der Waals surface area contributed by atoms with Crippen LogP contribution >= 0.6 is 19.7 Å². The van der Waals surface area contributed by atoms with Crippen molar-refractivity contribution < 1.29 is 10.1 Å². The van der Waals surface area contributed by atoms with Gasteiger partial charge in [0.05, 0.1) is 0 Å². The molecule has 0 radical (unpaired) electrons. The summed E-state index contributed by atoms with van der Waals surface area (Å²) in [6.07, 6.45) is 0.856. The molecule has 0 aliphatic carbocycles. The van der Waals surface area contributed by atoms with Gasteiger partial charge in [-0.2, -0.15) is 11.8 Å². The standard InChI is InChI=1S/C12H16NO2PS/c1-9-2-4-10(5-3-9)11-6-12(8-17-7-11)16(15)13-14/h2-5,11-12,14H,6-8H2,1H3. The first-order valence-corrected chi connectivity index (χ1v) is 8.10. The monoisotopic (exact) mass is 269 g/mol. The lowest BCUT2D eigenvalue weighted by Crippen LogP contribution is -2.22. The summed E-state index contributed by atoms with van der Waals surface area (Å²) in [7, 11) is -1.81. The van der Waals surface area contributed by atoms with E-state index in [0.717, 1.165) is 17.9 Å². The van der Waals surface area contributed by atoms with E-state index in [1.54, 1.807) is 11.8 Å². The van der Waals surface area contributed by atoms with Crippen molar-refractivity contribution in [2.75, 3.05) is 11.5 Å². The summed E-state index contributed by atoms with van der Waals surface area (Å²) in [6, 6.07) is 8.51. The molecule has 5 heteroatoms. The average molecular weight is 269 g/mol. The summed E-state index contributed by atoms with van der Waals surface area (Å²) >= 11 is 1.80. The summed E-state index contributed by atoms with van der Waals surface area (Å²) in [6.45, 7) is 2.07. The van der Waals surface area contributed by atoms with E-state index in [0.29, 0.717) is 5.92 Å². The van der Waals surface area contributed by atoms with Crippen molar-refractivity contribution in [1.82, 2.24) is 0 Å². The predicted molar refractivity (Wildman–Crippen MR) is 70.8 cm³/mol. The first-order chi connectivity index (χ1) is 8.20. The SMILES string of the molecule is Cc1ccc(C2CSCC([P+]([O-])=NO)C2)cc1. The van der Waals surface area contributed by atoms with Crippen LogP contribution in [0.5, 0.6) is 0 Å². The van der Waals surface area contributed by atoms with Gasteiger partial charge in [-0.1, -0.05) is 29.8 Å². The molecule has 17 heavy (non-hydrogen) atoms. The average Bonchev–Trinajstić information content (AvgIpc) is 2.39. The fraction of sp³-hybridized carbons (Fsp3) is 0.500. The summed E-state index contributed by atoms with van der Waals surface area (Å²) in [5, 5.41) is 8.61. The molecule has 2 rings (SSSR count). The van der Waals surface area contributed by atoms with Crippen molar-refractivity contribution in [3.63, 3.8) is 0 Å². The molecule has 3 unspecified atom stereocenters. The molecule has 3 nitrogen and oxygen atoms in total. The predicted octanol–water partition coefficient (Wildman–Crippen LogP) is 2.91. The van der Waals surface area contributed by atoms with Gasteiger partial charge in [-0.3, -0.25) is 0 Å². The molecule has 0 amide bonds. The highest BCUT2D eigenvalue weighted by atomic mass is 32.2. The third-order valence-electron chi connectivity index (χ3n) is 3.14. The quantitative estimate of drug-likeness (QED) is 0.663. The Kier molecular flexibility index (Phi) is 4.57. The summed E-state index contributed by atoms with van der Waals surface area (Å²) in [4.78, 5) is 14.5. The van der Waals surface area contributed by atoms with E-state index >= 15 is 0 Å². The molecule has 3 atom stereocenters. The molecule has 1 aliphatic heterocycles. The first kappa shape index (κ1) is 13.0. The van der Waals surface area contributed by atoms with Crippen molar-refractivity contribution in [2.24, 2.45) is 4.91 Å². The molecule has 0 bridgehead atoms. The number of nitrogens with zero attached hydrogens (tertiary/aromatic N) is 1. The van der Waals surface area contributed by atoms with Gasteiger partial charge < -0.3 is 4.89 Å². The molecule has 1 aromatic rings. The zero-order chi connectivity index (χ0) is 12.3. The fourth-order valence-electron chi connectivity index (χ4n) is 2.11. The lowest BCUT2D eigenvalue weighted by atomic mass is 9.95. The highest BCUT2D eigenvalue weighted by Gasteiger charge is 2.30. The van der Waals surface area contributed by atoms with Gasteiger partial charge in [0.15, 0.2) is 0 Å². The number of aryl methyl sites for hydroxylation is 1. The van der Waals surface area contributed by atoms with E-state index in [1.165, 1.54) is 11.1 Å². The number of rotatable bonds is 2. The third-order valence-corrected chi connectivity index (χ3v) is 5.85. The maximum Gasteiger partial charge on any atom is 0.205 e. The van der Waals surface area contributed by atoms with Crippen molar-refractivity contribution >= 4 is 19.7 Å². The zero-order valence-corrected chi connectivity index (χ0v) is 11.5. The van der Waals surface area contributed by atoms with Crippen molar-refractivity contribution in [3.05, 3.63) is 35.4 Å². The maximum atomic E-state index is 11.5. The largest absolute Gasteiger partial charge is 0.610 e. The van der Waals surface area contributed by atoms with Crippen LogP contribution in [0, 0.1) is 6.92 Å². The van der Waals surface area contributed by atoms with Crippen LogP contribution in [0.1, 0.15) is 23.5 Å². The first-order valence-electron chi connectivity index (χ1n) is 5.66. The molecular weight excluding hydrogens is 253 g/mol. The topological polar surface area (TPSA) is 55.7 Å². The van der Waals surface area contributed by atoms with E-state index in [-0.39, 0.29) is 5.66 Å². The van der Waals surface area contributed by atoms with Crippen LogP contribution < -0.4 is 4.89 Å². The maximum absolute atomic E-state index is 11.5. The molecule has 0 aromatic heterocycles. The van der Waals surface area contributed by atoms with Gasteiger partial charge >= 0.3 is 0 Å². The minimum atomic E-state index is -1.81. The number of thioether (sulfide) groups is 1. The van der Waals surface area contributed by atoms with Gasteiger partial charge in [0, 0.05) is 22.8 Å². The molecule has 1 heterocycles. The van der Waals surface area contributed by atoms with Gasteiger partial charge in [0.1, 0.15) is 5.66 Å². The molecule has 1 N–H and O–H groups in total. The summed E-state index contributed by atoms with van der Waals surface area (Å²) < 4.78 is 0. The van der Waals surface area contributed by atoms with Crippen LogP contribution in [0.25, 0.3) is 0 Å². The van der Waals surface area contributed by atoms with Gasteiger partial charge in [0.25, 0.3) is 0 Å². The Balaban J connectivity index is 2.09. The molecule has 1 fully saturated rings. The van der Waals surface area contributed by atoms with E-state index in [1.807, 2.05) is 0 Å². The Bertz CT molecular complexity index is 407. The second-order valence-electron chi connectivity index (χ2n) is 4.43. The second-order valence-corrected chi connectivity index (χ2v) is 7.02. The molecule has 0 spiro atoms. The van der Waals surface area contributed by atoms with Crippen LogP contribution in [0.15, 0.2) is 29.2 Å². The van der Waals surface area contributed by atoms with Crippen LogP contribution in [-0.4, -0.2) is 22.4 Å². The zero-order valence-electron chi connectivity index (χ0n) is 9.74. The highest BCUT2D eigenvalue weighted by molar-refractivity contribution is 7.99. The molecular formula is C12H16NO2PS. The minimum Gasteiger partial charge on any atom is -0.610 e. The van der Waals surface area contributed by atoms with Gasteiger partial charge in [-0.25, -0.2) is 5.21 Å². The lowest BCUT2D eigenvalue weighted by Gasteiger charge is -2.25. The fourth-order valence-corrected chi connectivity index (χ4v) is 4.67. The highest BCUT2D eigenvalue weighted by Crippen LogP contribution is 2.40. The van der Waals surface area contributed by atoms with Crippen molar-refractivity contribution in [3.8, 4) is 0 Å². The molecule has 1 aliphatic rings. The molecule has 92 valence electrons. The Morgan fingerprint density at radius 1 is 1.35 bits per heavy atom. The normalized spacial score (nSPS) is 25.9. The second kappa shape index (κ2) is 5.96. The number of hydrogen-bond acceptors (Lipinski definition) is 3. The van der Waals surface area contributed by atoms with E-state index in [4.69, 9.17) is 5.21 Å². The lowest BCUT2D eigenvalue weighted by molar-refractivity contribution is -0.159. The van der Waals surface area contributed by atoms with E-state index in [2.05, 4.69) is 36.1 Å². The van der Waals surface area contributed by atoms with Gasteiger partial charge in [0.2, 0.25) is 7.94 Å². The summed E-state index contributed by atoms with van der Waals surface area (Å²) in [5.41, 5.74) is 2.57. The third kappa shape index (κ3) is 3.29. The number of hydrogen-bond donors (Lipinski definition) is 1. The van der Waals surface area contributed by atoms with Crippen LogP contribution in [0.4, 0.5) is 0 Å². The Morgan fingerprint density at radius 3 is 2.71 bits per heavy atom. The van der Waals surface area contributed by atoms with Crippen molar-refractivity contribution in [1.29, 1.82) is 0 Å². The Morgan fingerprint density at radius 2 is 2.06 bits per heavy atom. The molecule has 0 saturated carbocycles. The molecule has 1 aromatic carbocycles. The van der Waals surface area contributed by atoms with Crippen LogP contribution in [-0.2, 0) is 0 Å². The number of benzene rings is 1. The smallest absolute Gasteiger partial charge is 0.205 e. The van der Waals surface area contributed by atoms with E-state index in [9.17, 15) is 4.89 Å². The van der Waals surface area contributed by atoms with E-state index < -0.39 is 7.94 Å². The van der Waals surface area contributed by atoms with Crippen LogP contribution in [0.2, 0.25) is 0 Å². The summed E-state index contributed by atoms with van der Waals surface area (Å²) in [5.74, 6) is 2.33. The minimum absolute atomic E-state index is 0.0139. The van der Waals surface area contributed by atoms with Crippen LogP contribution in [0.3, 0.4) is 0 Å². The Labute approximate surface area is 107 Å². The molecule has 1 saturated heterocycles. The van der Waals surface area contributed by atoms with Gasteiger partial charge in [-0.05, 0) is 18.4 Å².